The average Bonchev–Trinajstić information content (AvgIpc) is 3.78. The fraction of sp³-hybridized carbons (Fsp3) is 0.475. The number of aromatic nitrogens is 1. The molecule has 1 aliphatic heterocycles. The lowest BCUT2D eigenvalue weighted by Crippen LogP contribution is -2.58. The number of carbonyl (C=O) groups is 7. The van der Waals surface area contributed by atoms with E-state index < -0.39 is 77.6 Å². The molecular weight excluding hydrogens is 765 g/mol. The van der Waals surface area contributed by atoms with Crippen LogP contribution in [0.3, 0.4) is 0 Å². The van der Waals surface area contributed by atoms with Gasteiger partial charge in [-0.1, -0.05) is 62.4 Å². The number of nitrogens with zero attached hydrogens (tertiary/aromatic N) is 1. The zero-order valence-electron chi connectivity index (χ0n) is 33.1. The molecular formula is C40H56N10O7S. The first kappa shape index (κ1) is 45.2. The number of hydrogen-bond acceptors (Lipinski definition) is 10. The van der Waals surface area contributed by atoms with Crippen LogP contribution in [0.4, 0.5) is 0 Å². The molecule has 7 amide bonds. The Bertz CT molecular complexity index is 1910. The van der Waals surface area contributed by atoms with E-state index in [4.69, 9.17) is 17.3 Å². The summed E-state index contributed by atoms with van der Waals surface area (Å²) >= 11 is 1.51. The summed E-state index contributed by atoms with van der Waals surface area (Å²) in [5, 5.41) is 11.9. The molecule has 3 aromatic rings. The molecule has 0 aliphatic carbocycles. The zero-order valence-corrected chi connectivity index (χ0v) is 33.9. The number of carbonyl (C=O) groups excluding carboxylic acids is 7. The molecule has 18 heteroatoms. The number of thioether (sulfide) groups is 1. The molecule has 0 saturated carbocycles. The number of nitrogens with two attached hydrogens (primary N) is 3. The maximum absolute atomic E-state index is 14.2. The average molecular weight is 821 g/mol. The van der Waals surface area contributed by atoms with Gasteiger partial charge in [-0.25, -0.2) is 5.84 Å². The number of hydrogen-bond donors (Lipinski definition) is 9. The van der Waals surface area contributed by atoms with Crippen LogP contribution >= 0.6 is 11.8 Å². The number of fused-ring (bicyclic) bond motifs is 1. The third kappa shape index (κ3) is 12.8. The standard InChI is InChI=1S/C40H56N10O7S/c1-23(2)19-33(39(56)45-29(16-18-58-3)38(55)49-43)50-17-15-30(40(50)57)46-36(53)31(20-24-9-5-4-6-10-24)48-37(54)32(47-35(52)27(41)13-14-34(42)51)21-25-22-44-28-12-8-7-11-26(25)28/h4-12,22-23,27,29-33,44H,13-21,41,43H2,1-3H3,(H2,42,51)(H,45,56)(H,46,53)(H,47,52)(H,48,54)(H,49,55)/t27-,29-,30+,31-,32-,33+/m0/s1. The maximum atomic E-state index is 14.2. The van der Waals surface area contributed by atoms with Crippen LogP contribution in [0.15, 0.2) is 60.8 Å². The summed E-state index contributed by atoms with van der Waals surface area (Å²) in [6.07, 6.45) is 4.37. The largest absolute Gasteiger partial charge is 0.370 e. The minimum Gasteiger partial charge on any atom is -0.370 e. The van der Waals surface area contributed by atoms with Crippen LogP contribution in [0.2, 0.25) is 0 Å². The third-order valence-electron chi connectivity index (χ3n) is 10.0. The number of primary amides is 1. The van der Waals surface area contributed by atoms with Crippen molar-refractivity contribution >= 4 is 64.0 Å². The number of para-hydroxylation sites is 1. The van der Waals surface area contributed by atoms with Crippen LogP contribution in [-0.2, 0) is 46.4 Å². The van der Waals surface area contributed by atoms with E-state index in [-0.39, 0.29) is 44.6 Å². The van der Waals surface area contributed by atoms with Gasteiger partial charge in [-0.3, -0.25) is 39.0 Å². The minimum absolute atomic E-state index is 0.00559. The van der Waals surface area contributed by atoms with E-state index in [1.807, 2.05) is 50.4 Å². The number of hydrazine groups is 1. The lowest BCUT2D eigenvalue weighted by molar-refractivity contribution is -0.141. The normalized spacial score (nSPS) is 16.6. The van der Waals surface area contributed by atoms with Gasteiger partial charge in [-0.2, -0.15) is 11.8 Å². The number of amides is 7. The Morgan fingerprint density at radius 2 is 1.50 bits per heavy atom. The van der Waals surface area contributed by atoms with Crippen molar-refractivity contribution < 1.29 is 33.6 Å². The van der Waals surface area contributed by atoms with Crippen molar-refractivity contribution in [2.75, 3.05) is 18.6 Å². The third-order valence-corrected chi connectivity index (χ3v) is 10.6. The number of aromatic amines is 1. The van der Waals surface area contributed by atoms with Crippen LogP contribution in [0, 0.1) is 5.92 Å². The molecule has 0 unspecified atom stereocenters. The van der Waals surface area contributed by atoms with Crippen LogP contribution in [0.25, 0.3) is 10.9 Å². The Morgan fingerprint density at radius 3 is 2.17 bits per heavy atom. The van der Waals surface area contributed by atoms with Gasteiger partial charge in [0.1, 0.15) is 30.2 Å². The molecule has 58 heavy (non-hydrogen) atoms. The molecule has 1 fully saturated rings. The summed E-state index contributed by atoms with van der Waals surface area (Å²) in [7, 11) is 0. The van der Waals surface area contributed by atoms with Gasteiger partial charge in [0.05, 0.1) is 6.04 Å². The molecule has 1 aromatic heterocycles. The molecule has 12 N–H and O–H groups in total. The smallest absolute Gasteiger partial charge is 0.256 e. The molecule has 0 bridgehead atoms. The van der Waals surface area contributed by atoms with Gasteiger partial charge >= 0.3 is 0 Å². The Kier molecular flexibility index (Phi) is 17.1. The molecule has 0 spiro atoms. The van der Waals surface area contributed by atoms with E-state index in [1.54, 1.807) is 30.5 Å². The van der Waals surface area contributed by atoms with Gasteiger partial charge in [-0.15, -0.1) is 0 Å². The maximum Gasteiger partial charge on any atom is 0.256 e. The van der Waals surface area contributed by atoms with Gasteiger partial charge in [0, 0.05) is 42.9 Å². The summed E-state index contributed by atoms with van der Waals surface area (Å²) in [4.78, 5) is 97.6. The Morgan fingerprint density at radius 1 is 0.845 bits per heavy atom. The minimum atomic E-state index is -1.20. The van der Waals surface area contributed by atoms with Crippen molar-refractivity contribution in [1.29, 1.82) is 0 Å². The Labute approximate surface area is 342 Å². The van der Waals surface area contributed by atoms with E-state index in [9.17, 15) is 33.6 Å². The van der Waals surface area contributed by atoms with Crippen molar-refractivity contribution in [1.82, 2.24) is 36.6 Å². The highest BCUT2D eigenvalue weighted by atomic mass is 32.2. The van der Waals surface area contributed by atoms with Crippen LogP contribution in [0.1, 0.15) is 57.1 Å². The summed E-state index contributed by atoms with van der Waals surface area (Å²) in [5.74, 6) is 1.82. The van der Waals surface area contributed by atoms with Crippen molar-refractivity contribution in [2.45, 2.75) is 95.0 Å². The predicted octanol–water partition coefficient (Wildman–Crippen LogP) is -0.125. The molecule has 17 nitrogen and oxygen atoms in total. The fourth-order valence-corrected chi connectivity index (χ4v) is 7.35. The van der Waals surface area contributed by atoms with Gasteiger partial charge < -0.3 is 42.6 Å². The molecule has 2 heterocycles. The molecule has 0 radical (unpaired) electrons. The van der Waals surface area contributed by atoms with Gasteiger partial charge in [0.2, 0.25) is 35.4 Å². The predicted molar refractivity (Wildman–Crippen MR) is 221 cm³/mol. The fourth-order valence-electron chi connectivity index (χ4n) is 6.88. The highest BCUT2D eigenvalue weighted by Crippen LogP contribution is 2.22. The zero-order chi connectivity index (χ0) is 42.4. The van der Waals surface area contributed by atoms with Crippen LogP contribution in [0.5, 0.6) is 0 Å². The quantitative estimate of drug-likeness (QED) is 0.0368. The van der Waals surface area contributed by atoms with Crippen molar-refractivity contribution in [2.24, 2.45) is 23.2 Å². The van der Waals surface area contributed by atoms with Crippen molar-refractivity contribution in [3.8, 4) is 0 Å². The summed E-state index contributed by atoms with van der Waals surface area (Å²) in [6, 6.07) is 10.1. The van der Waals surface area contributed by atoms with E-state index in [2.05, 4.69) is 31.7 Å². The highest BCUT2D eigenvalue weighted by molar-refractivity contribution is 7.98. The highest BCUT2D eigenvalue weighted by Gasteiger charge is 2.41. The second-order valence-electron chi connectivity index (χ2n) is 14.9. The van der Waals surface area contributed by atoms with E-state index in [0.29, 0.717) is 18.6 Å². The topological polar surface area (TPSA) is 277 Å². The lowest BCUT2D eigenvalue weighted by atomic mass is 10.0. The Balaban J connectivity index is 1.55. The molecule has 1 aliphatic rings. The van der Waals surface area contributed by atoms with Crippen LogP contribution in [-0.4, -0.2) is 106 Å². The first-order chi connectivity index (χ1) is 27.7. The van der Waals surface area contributed by atoms with Crippen LogP contribution < -0.4 is 44.0 Å². The van der Waals surface area contributed by atoms with E-state index >= 15 is 0 Å². The van der Waals surface area contributed by atoms with Crippen molar-refractivity contribution in [3.05, 3.63) is 71.9 Å². The molecule has 6 atom stereocenters. The van der Waals surface area contributed by atoms with Gasteiger partial charge in [0.25, 0.3) is 5.91 Å². The number of H-pyrrole nitrogens is 1. The summed E-state index contributed by atoms with van der Waals surface area (Å²) in [5.41, 5.74) is 15.7. The van der Waals surface area contributed by atoms with Crippen molar-refractivity contribution in [3.63, 3.8) is 0 Å². The van der Waals surface area contributed by atoms with E-state index in [0.717, 1.165) is 22.0 Å². The molecule has 1 saturated heterocycles. The SMILES string of the molecule is CSCC[C@H](NC(=O)[C@@H](CC(C)C)N1CC[C@@H](NC(=O)[C@H](Cc2ccccc2)NC(=O)[C@H](Cc2c[nH]c3ccccc23)NC(=O)[C@@H](N)CCC(N)=O)C1=O)C(=O)NN. The van der Waals surface area contributed by atoms with E-state index in [1.165, 1.54) is 16.7 Å². The molecule has 314 valence electrons. The first-order valence-corrected chi connectivity index (χ1v) is 20.8. The first-order valence-electron chi connectivity index (χ1n) is 19.4. The number of nitrogens with one attached hydrogen (secondary N) is 6. The number of likely N-dealkylation sites (tertiary alicyclic amines) is 1. The molecule has 4 rings (SSSR count). The summed E-state index contributed by atoms with van der Waals surface area (Å²) < 4.78 is 0. The monoisotopic (exact) mass is 820 g/mol. The lowest BCUT2D eigenvalue weighted by Gasteiger charge is -2.30. The van der Waals surface area contributed by atoms with Gasteiger partial charge in [0.15, 0.2) is 0 Å². The number of benzene rings is 2. The second-order valence-corrected chi connectivity index (χ2v) is 15.9. The van der Waals surface area contributed by atoms with Gasteiger partial charge in [-0.05, 0) is 60.8 Å². The summed E-state index contributed by atoms with van der Waals surface area (Å²) in [6.45, 7) is 3.99. The second kappa shape index (κ2) is 21.9. The molecule has 2 aromatic carbocycles. The Hall–Kier alpha value is -5.46. The number of rotatable bonds is 22.